The lowest BCUT2D eigenvalue weighted by molar-refractivity contribution is -0.140. The lowest BCUT2D eigenvalue weighted by Crippen LogP contribution is -2.48. The van der Waals surface area contributed by atoms with Crippen molar-refractivity contribution in [2.75, 3.05) is 50.2 Å². The van der Waals surface area contributed by atoms with Gasteiger partial charge in [-0.1, -0.05) is 34.7 Å². The summed E-state index contributed by atoms with van der Waals surface area (Å²) in [5.74, 6) is 1.50. The fraction of sp³-hybridized carbons (Fsp3) is 0.468. The van der Waals surface area contributed by atoms with Crippen molar-refractivity contribution in [1.82, 2.24) is 79.7 Å². The number of nitrogens with one attached hydrogen (secondary N) is 3. The molecule has 0 aliphatic carbocycles. The molecule has 0 unspecified atom stereocenters. The molecule has 23 heteroatoms. The number of Topliss-reactive ketones (excluding diaryl/α,β-unsaturated/α-hetero) is 3. The Morgan fingerprint density at radius 2 is 1.15 bits per heavy atom. The van der Waals surface area contributed by atoms with Crippen molar-refractivity contribution in [1.29, 1.82) is 0 Å². The van der Waals surface area contributed by atoms with E-state index in [0.29, 0.717) is 55.4 Å². The summed E-state index contributed by atoms with van der Waals surface area (Å²) >= 11 is 0. The van der Waals surface area contributed by atoms with Gasteiger partial charge in [-0.3, -0.25) is 28.6 Å². The zero-order valence-electron chi connectivity index (χ0n) is 50.4. The molecule has 6 aromatic heterocycles. The van der Waals surface area contributed by atoms with E-state index in [1.165, 1.54) is 22.3 Å². The predicted octanol–water partition coefficient (Wildman–Crippen LogP) is 9.42. The lowest BCUT2D eigenvalue weighted by Gasteiger charge is -2.36. The second-order valence-electron chi connectivity index (χ2n) is 24.7. The van der Waals surface area contributed by atoms with Gasteiger partial charge < -0.3 is 25.4 Å². The average Bonchev–Trinajstić information content (AvgIpc) is 3.15. The molecule has 0 amide bonds. The number of hydrogen-bond acceptors (Lipinski definition) is 19. The van der Waals surface area contributed by atoms with Crippen molar-refractivity contribution in [3.05, 3.63) is 132 Å². The molecular formula is C62H78N18O5. The highest BCUT2D eigenvalue weighted by Gasteiger charge is 2.33. The molecule has 8 aromatic rings. The number of anilines is 4. The zero-order valence-corrected chi connectivity index (χ0v) is 50.4. The molecule has 85 heavy (non-hydrogen) atoms. The Kier molecular flexibility index (Phi) is 18.3. The van der Waals surface area contributed by atoms with Gasteiger partial charge in [0.15, 0.2) is 17.3 Å². The largest absolute Gasteiger partial charge is 0.378 e. The van der Waals surface area contributed by atoms with Crippen LogP contribution in [-0.4, -0.2) is 137 Å². The summed E-state index contributed by atoms with van der Waals surface area (Å²) < 4.78 is 17.3. The van der Waals surface area contributed by atoms with Crippen LogP contribution in [-0.2, 0) is 38.4 Å². The molecule has 4 aliphatic heterocycles. The fourth-order valence-corrected chi connectivity index (χ4v) is 10.3. The molecular weight excluding hydrogens is 1080 g/mol. The van der Waals surface area contributed by atoms with Crippen LogP contribution in [0.25, 0.3) is 22.5 Å². The molecule has 0 radical (unpaired) electrons. The van der Waals surface area contributed by atoms with E-state index in [1.54, 1.807) is 46.5 Å². The molecule has 2 saturated heterocycles. The third-order valence-electron chi connectivity index (χ3n) is 15.4. The summed E-state index contributed by atoms with van der Waals surface area (Å²) in [7, 11) is 0. The molecule has 4 aliphatic rings. The molecule has 3 N–H and O–H groups in total. The second-order valence-corrected chi connectivity index (χ2v) is 24.7. The number of aromatic nitrogens is 14. The monoisotopic (exact) mass is 1150 g/mol. The lowest BCUT2D eigenvalue weighted by atomic mass is 9.87. The Morgan fingerprint density at radius 1 is 0.659 bits per heavy atom. The predicted molar refractivity (Wildman–Crippen MR) is 322 cm³/mol. The van der Waals surface area contributed by atoms with Gasteiger partial charge in [-0.15, -0.1) is 10.2 Å². The number of hydrogen-bond donors (Lipinski definition) is 3. The van der Waals surface area contributed by atoms with Crippen LogP contribution in [0.4, 0.5) is 23.3 Å². The topological polar surface area (TPSA) is 258 Å². The standard InChI is InChI=1S/C31H39N9O2.C28H35N9O.C3H4O2/c1-20(2)39-16-24(14-33-39)34-30-32-10-8-27(35-30)22-6-7-26-21(9-11-38(15-23(26)12-22)25-18-42-19-25)13-29(41)28-17-40(37-36-28)31(3,4)5;1-18(2)36-16-22(15-31-36)32-27-30-11-9-24(33-27)20-6-7-23-19(8-10-29-14-21(23)12-20)13-26(38)25-17-37(35-34-25)28(3,4)5;4-3-1-5-2-3/h6-8,10,12,14,16-17,20-21,25H,9,11,13,15,18-19H2,1-5H3,(H,32,34,35);6-7,9,11-12,15-19,29H,8,10,13-14H2,1-5H3,(H,30,32,33);1-2H2/t21-;19-;/m00./s1. The summed E-state index contributed by atoms with van der Waals surface area (Å²) in [4.78, 5) is 57.2. The molecule has 23 nitrogen and oxygen atoms in total. The number of fused-ring (bicyclic) bond motifs is 2. The van der Waals surface area contributed by atoms with E-state index < -0.39 is 0 Å². The third-order valence-corrected chi connectivity index (χ3v) is 15.4. The first kappa shape index (κ1) is 59.9. The molecule has 446 valence electrons. The minimum Gasteiger partial charge on any atom is -0.378 e. The highest BCUT2D eigenvalue weighted by Crippen LogP contribution is 2.37. The van der Waals surface area contributed by atoms with Gasteiger partial charge in [-0.05, 0) is 154 Å². The first-order valence-corrected chi connectivity index (χ1v) is 29.3. The van der Waals surface area contributed by atoms with Crippen molar-refractivity contribution < 1.29 is 23.9 Å². The number of carbonyl (C=O) groups is 3. The maximum absolute atomic E-state index is 13.4. The van der Waals surface area contributed by atoms with Crippen LogP contribution < -0.4 is 16.0 Å². The maximum Gasteiger partial charge on any atom is 0.227 e. The van der Waals surface area contributed by atoms with Crippen LogP contribution in [0.2, 0.25) is 0 Å². The Labute approximate surface area is 495 Å². The van der Waals surface area contributed by atoms with Crippen molar-refractivity contribution in [3.63, 3.8) is 0 Å². The first-order valence-electron chi connectivity index (χ1n) is 29.3. The minimum absolute atomic E-state index is 0.0229. The number of carbonyl (C=O) groups excluding carboxylic acids is 3. The molecule has 12 rings (SSSR count). The Balaban J connectivity index is 0.000000175. The minimum atomic E-state index is -0.228. The summed E-state index contributed by atoms with van der Waals surface area (Å²) in [6, 6.07) is 17.7. The Morgan fingerprint density at radius 3 is 1.59 bits per heavy atom. The number of ketones is 3. The SMILES string of the molecule is CC(C)n1cc(Nc2nccc(-c3ccc4c(c3)CN(C3COC3)CC[C@H]4CC(=O)c3cn(C(C)(C)C)nn3)n2)cn1.CC(C)n1cc(Nc2nccc(-c3ccc4c(c3)CNCC[C@H]4CC(=O)c3cn(C(C)(C)C)nn3)n2)cn1.O=C1COC1. The van der Waals surface area contributed by atoms with Crippen molar-refractivity contribution in [2.24, 2.45) is 0 Å². The van der Waals surface area contributed by atoms with E-state index in [0.717, 1.165) is 86.1 Å². The number of benzene rings is 2. The van der Waals surface area contributed by atoms with Crippen LogP contribution in [0.5, 0.6) is 0 Å². The van der Waals surface area contributed by atoms with Gasteiger partial charge in [0, 0.05) is 73.9 Å². The van der Waals surface area contributed by atoms with E-state index in [-0.39, 0.29) is 52.3 Å². The van der Waals surface area contributed by atoms with Crippen LogP contribution in [0.3, 0.4) is 0 Å². The second kappa shape index (κ2) is 25.9. The number of nitrogens with zero attached hydrogens (tertiary/aromatic N) is 15. The van der Waals surface area contributed by atoms with Gasteiger partial charge in [0.2, 0.25) is 11.9 Å². The highest BCUT2D eigenvalue weighted by atomic mass is 16.5. The number of ether oxygens (including phenoxy) is 2. The van der Waals surface area contributed by atoms with E-state index in [1.807, 2.05) is 75.4 Å². The quantitative estimate of drug-likeness (QED) is 0.0807. The van der Waals surface area contributed by atoms with Gasteiger partial charge in [0.05, 0.1) is 77.9 Å². The summed E-state index contributed by atoms with van der Waals surface area (Å²) in [6.07, 6.45) is 17.1. The van der Waals surface area contributed by atoms with Gasteiger partial charge in [0.1, 0.15) is 24.6 Å². The number of rotatable bonds is 15. The van der Waals surface area contributed by atoms with E-state index in [9.17, 15) is 14.4 Å². The van der Waals surface area contributed by atoms with Gasteiger partial charge in [-0.2, -0.15) is 10.2 Å². The maximum atomic E-state index is 13.4. The van der Waals surface area contributed by atoms with Crippen LogP contribution in [0, 0.1) is 0 Å². The van der Waals surface area contributed by atoms with Crippen LogP contribution >= 0.6 is 0 Å². The average molecular weight is 1160 g/mol. The molecule has 2 fully saturated rings. The van der Waals surface area contributed by atoms with Gasteiger partial charge in [0.25, 0.3) is 0 Å². The summed E-state index contributed by atoms with van der Waals surface area (Å²) in [5, 5.41) is 35.5. The Bertz CT molecular complexity index is 3610. The molecule has 2 aromatic carbocycles. The zero-order chi connectivity index (χ0) is 60.0. The molecule has 10 heterocycles. The first-order chi connectivity index (χ1) is 40.7. The summed E-state index contributed by atoms with van der Waals surface area (Å²) in [5.41, 5.74) is 10.6. The molecule has 2 atom stereocenters. The van der Waals surface area contributed by atoms with E-state index >= 15 is 0 Å². The van der Waals surface area contributed by atoms with Crippen LogP contribution in [0.1, 0.15) is 162 Å². The molecule has 0 saturated carbocycles. The normalized spacial score (nSPS) is 17.2. The fourth-order valence-electron chi connectivity index (χ4n) is 10.3. The van der Waals surface area contributed by atoms with Crippen LogP contribution in [0.15, 0.2) is 98.1 Å². The van der Waals surface area contributed by atoms with E-state index in [2.05, 4.69) is 130 Å². The van der Waals surface area contributed by atoms with E-state index in [4.69, 9.17) is 14.7 Å². The smallest absolute Gasteiger partial charge is 0.227 e. The van der Waals surface area contributed by atoms with Crippen molar-refractivity contribution in [3.8, 4) is 22.5 Å². The highest BCUT2D eigenvalue weighted by molar-refractivity contribution is 5.95. The molecule has 0 bridgehead atoms. The van der Waals surface area contributed by atoms with Crippen molar-refractivity contribution in [2.45, 2.75) is 149 Å². The van der Waals surface area contributed by atoms with Crippen molar-refractivity contribution >= 4 is 40.6 Å². The van der Waals surface area contributed by atoms with Gasteiger partial charge >= 0.3 is 0 Å². The molecule has 0 spiro atoms. The summed E-state index contributed by atoms with van der Waals surface area (Å²) in [6.45, 7) is 26.1. The Hall–Kier alpha value is -8.25. The third kappa shape index (κ3) is 15.0. The van der Waals surface area contributed by atoms with Gasteiger partial charge in [-0.25, -0.2) is 29.3 Å².